The Kier molecular flexibility index (Phi) is 10.6. The highest BCUT2D eigenvalue weighted by molar-refractivity contribution is 7.80. The Morgan fingerprint density at radius 1 is 0.833 bits per heavy atom. The molecule has 0 saturated heterocycles. The van der Waals surface area contributed by atoms with Crippen LogP contribution in [0.4, 0.5) is 5.69 Å². The van der Waals surface area contributed by atoms with Gasteiger partial charge in [-0.2, -0.15) is 0 Å². The van der Waals surface area contributed by atoms with Gasteiger partial charge in [-0.05, 0) is 50.3 Å². The van der Waals surface area contributed by atoms with Crippen molar-refractivity contribution in [2.45, 2.75) is 13.8 Å². The summed E-state index contributed by atoms with van der Waals surface area (Å²) in [7, 11) is 0. The quantitative estimate of drug-likeness (QED) is 0.392. The van der Waals surface area contributed by atoms with Crippen LogP contribution in [0.3, 0.4) is 0 Å². The molecule has 162 valence electrons. The van der Waals surface area contributed by atoms with Gasteiger partial charge in [0.05, 0.1) is 24.5 Å². The van der Waals surface area contributed by atoms with Crippen LogP contribution in [0.1, 0.15) is 24.2 Å². The highest BCUT2D eigenvalue weighted by Gasteiger charge is 2.14. The molecule has 8 heteroatoms. The molecule has 2 rings (SSSR count). The van der Waals surface area contributed by atoms with Crippen LogP contribution < -0.4 is 20.1 Å². The molecule has 0 atom stereocenters. The number of thiocarbonyl (C=S) groups is 1. The lowest BCUT2D eigenvalue weighted by atomic mass is 10.2. The Hall–Kier alpha value is -2.68. The molecule has 7 nitrogen and oxygen atoms in total. The third-order valence-electron chi connectivity index (χ3n) is 3.87. The fourth-order valence-electron chi connectivity index (χ4n) is 2.51. The Labute approximate surface area is 182 Å². The van der Waals surface area contributed by atoms with E-state index in [9.17, 15) is 4.79 Å². The molecule has 2 aromatic rings. The third kappa shape index (κ3) is 7.98. The summed E-state index contributed by atoms with van der Waals surface area (Å²) in [6.07, 6.45) is 0. The second kappa shape index (κ2) is 13.5. The Balaban J connectivity index is 1.95. The monoisotopic (exact) mass is 432 g/mol. The molecule has 0 heterocycles. The van der Waals surface area contributed by atoms with Crippen LogP contribution in [0.15, 0.2) is 48.5 Å². The van der Waals surface area contributed by atoms with Gasteiger partial charge in [-0.3, -0.25) is 10.1 Å². The van der Waals surface area contributed by atoms with E-state index in [1.807, 2.05) is 38.1 Å². The summed E-state index contributed by atoms with van der Waals surface area (Å²) in [4.78, 5) is 12.7. The van der Waals surface area contributed by atoms with E-state index in [0.717, 1.165) is 0 Å². The summed E-state index contributed by atoms with van der Waals surface area (Å²) < 4.78 is 21.9. The largest absolute Gasteiger partial charge is 0.490 e. The Morgan fingerprint density at radius 3 is 2.07 bits per heavy atom. The lowest BCUT2D eigenvalue weighted by molar-refractivity contribution is 0.0958. The van der Waals surface area contributed by atoms with Crippen molar-refractivity contribution in [3.05, 3.63) is 54.1 Å². The van der Waals surface area contributed by atoms with Crippen molar-refractivity contribution in [3.8, 4) is 11.5 Å². The van der Waals surface area contributed by atoms with E-state index in [1.165, 1.54) is 0 Å². The first-order valence-corrected chi connectivity index (χ1v) is 10.3. The smallest absolute Gasteiger partial charge is 0.261 e. The van der Waals surface area contributed by atoms with Crippen LogP contribution in [0.25, 0.3) is 0 Å². The maximum atomic E-state index is 12.7. The molecule has 0 fully saturated rings. The van der Waals surface area contributed by atoms with Crippen molar-refractivity contribution in [1.29, 1.82) is 0 Å². The second-order valence-electron chi connectivity index (χ2n) is 5.99. The van der Waals surface area contributed by atoms with Crippen LogP contribution in [-0.4, -0.2) is 50.7 Å². The van der Waals surface area contributed by atoms with Gasteiger partial charge in [0.2, 0.25) is 0 Å². The minimum atomic E-state index is -0.366. The zero-order chi connectivity index (χ0) is 21.6. The highest BCUT2D eigenvalue weighted by atomic mass is 32.1. The van der Waals surface area contributed by atoms with Crippen LogP contribution in [-0.2, 0) is 9.47 Å². The Morgan fingerprint density at radius 2 is 1.40 bits per heavy atom. The standard InChI is InChI=1S/C22H28N2O5S/c1-3-26-13-15-28-19-11-7-5-9-17(19)21(25)24-22(30)23-18-10-6-8-12-20(18)29-16-14-27-4-2/h5-12H,3-4,13-16H2,1-2H3,(H2,23,24,25,30). The summed E-state index contributed by atoms with van der Waals surface area (Å²) in [6, 6.07) is 14.3. The van der Waals surface area contributed by atoms with Crippen molar-refractivity contribution in [2.24, 2.45) is 0 Å². The molecule has 2 N–H and O–H groups in total. The van der Waals surface area contributed by atoms with E-state index >= 15 is 0 Å². The predicted octanol–water partition coefficient (Wildman–Crippen LogP) is 3.64. The SMILES string of the molecule is CCOCCOc1ccccc1NC(=S)NC(=O)c1ccccc1OCCOCC. The first-order chi connectivity index (χ1) is 14.7. The molecule has 0 spiro atoms. The second-order valence-corrected chi connectivity index (χ2v) is 6.40. The number of hydrogen-bond donors (Lipinski definition) is 2. The molecule has 0 bridgehead atoms. The van der Waals surface area contributed by atoms with Gasteiger partial charge >= 0.3 is 0 Å². The summed E-state index contributed by atoms with van der Waals surface area (Å²) in [5.74, 6) is 0.722. The predicted molar refractivity (Wildman–Crippen MR) is 121 cm³/mol. The number of rotatable bonds is 12. The number of para-hydroxylation sites is 3. The molecule has 2 aromatic carbocycles. The van der Waals surface area contributed by atoms with Gasteiger partial charge in [-0.25, -0.2) is 0 Å². The van der Waals surface area contributed by atoms with Crippen molar-refractivity contribution in [2.75, 3.05) is 45.0 Å². The van der Waals surface area contributed by atoms with E-state index in [0.29, 0.717) is 62.4 Å². The minimum absolute atomic E-state index is 0.157. The van der Waals surface area contributed by atoms with Crippen LogP contribution >= 0.6 is 12.2 Å². The molecule has 0 aliphatic rings. The van der Waals surface area contributed by atoms with Crippen molar-refractivity contribution in [1.82, 2.24) is 5.32 Å². The molecular weight excluding hydrogens is 404 g/mol. The van der Waals surface area contributed by atoms with Gasteiger partial charge < -0.3 is 24.3 Å². The van der Waals surface area contributed by atoms with Gasteiger partial charge in [0.15, 0.2) is 5.11 Å². The molecule has 0 unspecified atom stereocenters. The number of carbonyl (C=O) groups excluding carboxylic acids is 1. The van der Waals surface area contributed by atoms with Gasteiger partial charge in [-0.1, -0.05) is 24.3 Å². The van der Waals surface area contributed by atoms with E-state index in [1.54, 1.807) is 24.3 Å². The average molecular weight is 433 g/mol. The van der Waals surface area contributed by atoms with Gasteiger partial charge in [0.1, 0.15) is 24.7 Å². The fourth-order valence-corrected chi connectivity index (χ4v) is 2.71. The van der Waals surface area contributed by atoms with E-state index in [4.69, 9.17) is 31.2 Å². The van der Waals surface area contributed by atoms with E-state index in [2.05, 4.69) is 10.6 Å². The molecule has 30 heavy (non-hydrogen) atoms. The number of amides is 1. The van der Waals surface area contributed by atoms with Crippen molar-refractivity contribution < 1.29 is 23.7 Å². The lowest BCUT2D eigenvalue weighted by Crippen LogP contribution is -2.34. The zero-order valence-electron chi connectivity index (χ0n) is 17.3. The molecule has 0 aliphatic heterocycles. The van der Waals surface area contributed by atoms with Crippen LogP contribution in [0.5, 0.6) is 11.5 Å². The maximum Gasteiger partial charge on any atom is 0.261 e. The van der Waals surface area contributed by atoms with E-state index < -0.39 is 0 Å². The first-order valence-electron chi connectivity index (χ1n) is 9.87. The van der Waals surface area contributed by atoms with Gasteiger partial charge in [0, 0.05) is 13.2 Å². The average Bonchev–Trinajstić information content (AvgIpc) is 2.75. The molecule has 0 saturated carbocycles. The van der Waals surface area contributed by atoms with Gasteiger partial charge in [0.25, 0.3) is 5.91 Å². The van der Waals surface area contributed by atoms with Crippen LogP contribution in [0.2, 0.25) is 0 Å². The summed E-state index contributed by atoms with van der Waals surface area (Å²) in [5.41, 5.74) is 1.04. The highest BCUT2D eigenvalue weighted by Crippen LogP contribution is 2.24. The molecule has 0 aliphatic carbocycles. The topological polar surface area (TPSA) is 78.1 Å². The number of ether oxygens (including phenoxy) is 4. The zero-order valence-corrected chi connectivity index (χ0v) is 18.1. The van der Waals surface area contributed by atoms with Crippen LogP contribution in [0, 0.1) is 0 Å². The molecular formula is C22H28N2O5S. The minimum Gasteiger partial charge on any atom is -0.490 e. The third-order valence-corrected chi connectivity index (χ3v) is 4.08. The summed E-state index contributed by atoms with van der Waals surface area (Å²) in [5, 5.41) is 5.84. The van der Waals surface area contributed by atoms with E-state index in [-0.39, 0.29) is 11.0 Å². The summed E-state index contributed by atoms with van der Waals surface area (Å²) >= 11 is 5.31. The number of anilines is 1. The first kappa shape index (κ1) is 23.6. The molecule has 1 amide bonds. The number of carbonyl (C=O) groups is 1. The normalized spacial score (nSPS) is 10.3. The molecule has 0 radical (unpaired) electrons. The van der Waals surface area contributed by atoms with Gasteiger partial charge in [-0.15, -0.1) is 0 Å². The molecule has 0 aromatic heterocycles. The fraction of sp³-hybridized carbons (Fsp3) is 0.364. The lowest BCUT2D eigenvalue weighted by Gasteiger charge is -2.15. The van der Waals surface area contributed by atoms with Crippen molar-refractivity contribution in [3.63, 3.8) is 0 Å². The van der Waals surface area contributed by atoms with Crippen molar-refractivity contribution >= 4 is 28.9 Å². The Bertz CT molecular complexity index is 816. The summed E-state index contributed by atoms with van der Waals surface area (Å²) in [6.45, 7) is 6.80. The number of hydrogen-bond acceptors (Lipinski definition) is 6. The number of nitrogens with one attached hydrogen (secondary N) is 2. The maximum absolute atomic E-state index is 12.7. The number of benzene rings is 2.